The van der Waals surface area contributed by atoms with Gasteiger partial charge in [0.15, 0.2) is 0 Å². The van der Waals surface area contributed by atoms with Crippen molar-refractivity contribution < 1.29 is 9.53 Å². The number of amides is 1. The summed E-state index contributed by atoms with van der Waals surface area (Å²) in [7, 11) is 0. The van der Waals surface area contributed by atoms with Crippen LogP contribution in [0.5, 0.6) is 5.75 Å². The molecule has 0 saturated heterocycles. The SMILES string of the molecule is CCOc1ccc(NC(=O)CNc2cccc(C)c2C)cc1. The number of anilines is 2. The molecule has 0 aliphatic heterocycles. The van der Waals surface area contributed by atoms with Gasteiger partial charge in [0.05, 0.1) is 13.2 Å². The van der Waals surface area contributed by atoms with Gasteiger partial charge in [-0.1, -0.05) is 12.1 Å². The summed E-state index contributed by atoms with van der Waals surface area (Å²) >= 11 is 0. The molecule has 0 aliphatic carbocycles. The normalized spacial score (nSPS) is 10.1. The Hall–Kier alpha value is -2.49. The Balaban J connectivity index is 1.89. The molecule has 0 spiro atoms. The Morgan fingerprint density at radius 1 is 1.09 bits per heavy atom. The highest BCUT2D eigenvalue weighted by atomic mass is 16.5. The third kappa shape index (κ3) is 4.25. The van der Waals surface area contributed by atoms with Crippen LogP contribution < -0.4 is 15.4 Å². The molecule has 1 amide bonds. The van der Waals surface area contributed by atoms with Crippen molar-refractivity contribution in [2.75, 3.05) is 23.8 Å². The number of aryl methyl sites for hydroxylation is 1. The van der Waals surface area contributed by atoms with Crippen LogP contribution in [0, 0.1) is 13.8 Å². The second-order valence-corrected chi connectivity index (χ2v) is 5.11. The fraction of sp³-hybridized carbons (Fsp3) is 0.278. The van der Waals surface area contributed by atoms with Crippen molar-refractivity contribution in [2.45, 2.75) is 20.8 Å². The van der Waals surface area contributed by atoms with Crippen LogP contribution >= 0.6 is 0 Å². The zero-order valence-electron chi connectivity index (χ0n) is 13.3. The van der Waals surface area contributed by atoms with E-state index in [1.165, 1.54) is 5.56 Å². The van der Waals surface area contributed by atoms with Gasteiger partial charge < -0.3 is 15.4 Å². The van der Waals surface area contributed by atoms with Gasteiger partial charge in [0.1, 0.15) is 5.75 Å². The largest absolute Gasteiger partial charge is 0.494 e. The minimum absolute atomic E-state index is 0.0786. The molecule has 4 nitrogen and oxygen atoms in total. The summed E-state index contributed by atoms with van der Waals surface area (Å²) < 4.78 is 5.37. The average molecular weight is 298 g/mol. The fourth-order valence-electron chi connectivity index (χ4n) is 2.12. The minimum atomic E-state index is -0.0786. The highest BCUT2D eigenvalue weighted by Crippen LogP contribution is 2.18. The van der Waals surface area contributed by atoms with Crippen molar-refractivity contribution in [3.05, 3.63) is 53.6 Å². The van der Waals surface area contributed by atoms with E-state index in [1.54, 1.807) is 0 Å². The Morgan fingerprint density at radius 2 is 1.82 bits per heavy atom. The summed E-state index contributed by atoms with van der Waals surface area (Å²) in [6.07, 6.45) is 0. The Labute approximate surface area is 131 Å². The van der Waals surface area contributed by atoms with Crippen molar-refractivity contribution in [1.82, 2.24) is 0 Å². The average Bonchev–Trinajstić information content (AvgIpc) is 2.51. The lowest BCUT2D eigenvalue weighted by molar-refractivity contribution is -0.114. The number of hydrogen-bond acceptors (Lipinski definition) is 3. The Bertz CT molecular complexity index is 636. The van der Waals surface area contributed by atoms with Crippen LogP contribution in [-0.2, 0) is 4.79 Å². The van der Waals surface area contributed by atoms with Crippen LogP contribution in [0.4, 0.5) is 11.4 Å². The summed E-state index contributed by atoms with van der Waals surface area (Å²) in [5.74, 6) is 0.721. The van der Waals surface area contributed by atoms with Crippen molar-refractivity contribution in [2.24, 2.45) is 0 Å². The van der Waals surface area contributed by atoms with Gasteiger partial charge in [-0.2, -0.15) is 0 Å². The zero-order valence-corrected chi connectivity index (χ0v) is 13.3. The van der Waals surface area contributed by atoms with E-state index in [-0.39, 0.29) is 12.5 Å². The van der Waals surface area contributed by atoms with Crippen LogP contribution in [0.15, 0.2) is 42.5 Å². The summed E-state index contributed by atoms with van der Waals surface area (Å²) in [5.41, 5.74) is 4.12. The maximum absolute atomic E-state index is 12.0. The number of carbonyl (C=O) groups excluding carboxylic acids is 1. The minimum Gasteiger partial charge on any atom is -0.494 e. The Kier molecular flexibility index (Phi) is 5.42. The van der Waals surface area contributed by atoms with Crippen molar-refractivity contribution in [3.63, 3.8) is 0 Å². The third-order valence-electron chi connectivity index (χ3n) is 3.49. The lowest BCUT2D eigenvalue weighted by atomic mass is 10.1. The molecule has 0 aromatic heterocycles. The molecular weight excluding hydrogens is 276 g/mol. The molecule has 0 bridgehead atoms. The topological polar surface area (TPSA) is 50.4 Å². The lowest BCUT2D eigenvalue weighted by Gasteiger charge is -2.12. The van der Waals surface area contributed by atoms with Gasteiger partial charge >= 0.3 is 0 Å². The molecule has 0 heterocycles. The molecule has 22 heavy (non-hydrogen) atoms. The van der Waals surface area contributed by atoms with E-state index >= 15 is 0 Å². The van der Waals surface area contributed by atoms with Gasteiger partial charge in [-0.15, -0.1) is 0 Å². The summed E-state index contributed by atoms with van der Waals surface area (Å²) in [4.78, 5) is 12.0. The van der Waals surface area contributed by atoms with Gasteiger partial charge in [0.25, 0.3) is 0 Å². The first-order valence-electron chi connectivity index (χ1n) is 7.43. The van der Waals surface area contributed by atoms with Crippen LogP contribution in [0.25, 0.3) is 0 Å². The first kappa shape index (κ1) is 15.9. The maximum atomic E-state index is 12.0. The molecule has 2 aromatic rings. The highest BCUT2D eigenvalue weighted by Gasteiger charge is 2.05. The molecule has 0 radical (unpaired) electrons. The summed E-state index contributed by atoms with van der Waals surface area (Å²) in [6, 6.07) is 13.4. The van der Waals surface area contributed by atoms with Crippen LogP contribution in [0.2, 0.25) is 0 Å². The molecule has 0 unspecified atom stereocenters. The first-order valence-corrected chi connectivity index (χ1v) is 7.43. The summed E-state index contributed by atoms with van der Waals surface area (Å²) in [6.45, 7) is 6.90. The van der Waals surface area contributed by atoms with Crippen LogP contribution in [0.3, 0.4) is 0 Å². The predicted molar refractivity (Wildman–Crippen MR) is 90.6 cm³/mol. The number of ether oxygens (including phenoxy) is 1. The van der Waals surface area contributed by atoms with Gasteiger partial charge in [-0.05, 0) is 62.2 Å². The second-order valence-electron chi connectivity index (χ2n) is 5.11. The molecule has 0 aliphatic rings. The molecule has 116 valence electrons. The van der Waals surface area contributed by atoms with E-state index in [9.17, 15) is 4.79 Å². The van der Waals surface area contributed by atoms with E-state index in [0.29, 0.717) is 6.61 Å². The maximum Gasteiger partial charge on any atom is 0.243 e. The van der Waals surface area contributed by atoms with Gasteiger partial charge in [-0.3, -0.25) is 4.79 Å². The third-order valence-corrected chi connectivity index (χ3v) is 3.49. The smallest absolute Gasteiger partial charge is 0.243 e. The van der Waals surface area contributed by atoms with Crippen molar-refractivity contribution >= 4 is 17.3 Å². The number of nitrogens with one attached hydrogen (secondary N) is 2. The monoisotopic (exact) mass is 298 g/mol. The first-order chi connectivity index (χ1) is 10.6. The van der Waals surface area contributed by atoms with E-state index in [1.807, 2.05) is 50.2 Å². The van der Waals surface area contributed by atoms with Crippen LogP contribution in [-0.4, -0.2) is 19.1 Å². The Morgan fingerprint density at radius 3 is 2.50 bits per heavy atom. The van der Waals surface area contributed by atoms with E-state index in [2.05, 4.69) is 23.6 Å². The quantitative estimate of drug-likeness (QED) is 0.854. The number of benzene rings is 2. The molecule has 0 atom stereocenters. The zero-order chi connectivity index (χ0) is 15.9. The number of hydrogen-bond donors (Lipinski definition) is 2. The van der Waals surface area contributed by atoms with Gasteiger partial charge in [0.2, 0.25) is 5.91 Å². The van der Waals surface area contributed by atoms with E-state index in [4.69, 9.17) is 4.74 Å². The molecule has 0 fully saturated rings. The molecular formula is C18H22N2O2. The number of rotatable bonds is 6. The molecule has 2 N–H and O–H groups in total. The molecule has 4 heteroatoms. The second kappa shape index (κ2) is 7.50. The van der Waals surface area contributed by atoms with Crippen molar-refractivity contribution in [1.29, 1.82) is 0 Å². The predicted octanol–water partition coefficient (Wildman–Crippen LogP) is 3.75. The lowest BCUT2D eigenvalue weighted by Crippen LogP contribution is -2.22. The fourth-order valence-corrected chi connectivity index (χ4v) is 2.12. The highest BCUT2D eigenvalue weighted by molar-refractivity contribution is 5.93. The molecule has 2 aromatic carbocycles. The van der Waals surface area contributed by atoms with E-state index in [0.717, 1.165) is 22.7 Å². The van der Waals surface area contributed by atoms with Crippen LogP contribution in [0.1, 0.15) is 18.1 Å². The van der Waals surface area contributed by atoms with Gasteiger partial charge in [-0.25, -0.2) is 0 Å². The van der Waals surface area contributed by atoms with Gasteiger partial charge in [0, 0.05) is 11.4 Å². The van der Waals surface area contributed by atoms with E-state index < -0.39 is 0 Å². The summed E-state index contributed by atoms with van der Waals surface area (Å²) in [5, 5.41) is 6.03. The molecule has 2 rings (SSSR count). The standard InChI is InChI=1S/C18H22N2O2/c1-4-22-16-10-8-15(9-11-16)20-18(21)12-19-17-7-5-6-13(2)14(17)3/h5-11,19H,4,12H2,1-3H3,(H,20,21). The molecule has 0 saturated carbocycles. The van der Waals surface area contributed by atoms with Crippen molar-refractivity contribution in [3.8, 4) is 5.75 Å². The number of carbonyl (C=O) groups is 1.